The number of nitrogens with two attached hydrogens (primary N) is 1. The first-order chi connectivity index (χ1) is 16.0. The van der Waals surface area contributed by atoms with Crippen LogP contribution in [0.1, 0.15) is 10.7 Å². The lowest BCUT2D eigenvalue weighted by atomic mass is 10.2. The Labute approximate surface area is 196 Å². The summed E-state index contributed by atoms with van der Waals surface area (Å²) in [5.41, 5.74) is 1.21. The van der Waals surface area contributed by atoms with E-state index in [1.54, 1.807) is 31.2 Å². The number of pyridine rings is 2. The first-order valence-corrected chi connectivity index (χ1v) is 11.9. The van der Waals surface area contributed by atoms with Crippen molar-refractivity contribution in [3.8, 4) is 22.2 Å². The van der Waals surface area contributed by atoms with E-state index in [2.05, 4.69) is 20.3 Å². The van der Waals surface area contributed by atoms with E-state index in [1.165, 1.54) is 36.5 Å². The Bertz CT molecular complexity index is 1460. The van der Waals surface area contributed by atoms with Crippen LogP contribution in [-0.4, -0.2) is 23.4 Å². The third-order valence-corrected chi connectivity index (χ3v) is 6.24. The second-order valence-electron chi connectivity index (χ2n) is 6.99. The summed E-state index contributed by atoms with van der Waals surface area (Å²) < 4.78 is 68.9. The van der Waals surface area contributed by atoms with Crippen LogP contribution in [-0.2, 0) is 16.2 Å². The highest BCUT2D eigenvalue weighted by atomic mass is 32.2. The van der Waals surface area contributed by atoms with Crippen LogP contribution in [0, 0.1) is 6.92 Å². The summed E-state index contributed by atoms with van der Waals surface area (Å²) >= 11 is 0.357. The SMILES string of the molecule is Cc1cccc(-c2nc(C(F)(F)F)sc2Oc2ccnc(Nc3cccc(S(N)(=O)=O)c3)c2)n1. The van der Waals surface area contributed by atoms with Crippen molar-refractivity contribution in [3.05, 3.63) is 71.5 Å². The molecule has 0 saturated carbocycles. The lowest BCUT2D eigenvalue weighted by Crippen LogP contribution is -2.12. The lowest BCUT2D eigenvalue weighted by molar-refractivity contribution is -0.137. The molecule has 1 aromatic carbocycles. The molecule has 13 heteroatoms. The number of rotatable bonds is 6. The molecule has 0 amide bonds. The largest absolute Gasteiger partial charge is 0.444 e. The number of ether oxygens (including phenoxy) is 1. The van der Waals surface area contributed by atoms with Crippen molar-refractivity contribution in [2.75, 3.05) is 5.32 Å². The van der Waals surface area contributed by atoms with Crippen LogP contribution in [0.15, 0.2) is 65.7 Å². The van der Waals surface area contributed by atoms with E-state index in [0.29, 0.717) is 22.7 Å². The fourth-order valence-electron chi connectivity index (χ4n) is 2.88. The summed E-state index contributed by atoms with van der Waals surface area (Å²) in [6.07, 6.45) is -3.26. The fourth-order valence-corrected chi connectivity index (χ4v) is 4.25. The van der Waals surface area contributed by atoms with E-state index in [1.807, 2.05) is 0 Å². The second-order valence-corrected chi connectivity index (χ2v) is 9.52. The highest BCUT2D eigenvalue weighted by Crippen LogP contribution is 2.43. The van der Waals surface area contributed by atoms with Crippen molar-refractivity contribution in [1.29, 1.82) is 0 Å². The molecule has 3 aromatic heterocycles. The number of hydrogen-bond donors (Lipinski definition) is 2. The van der Waals surface area contributed by atoms with Crippen molar-refractivity contribution >= 4 is 32.9 Å². The van der Waals surface area contributed by atoms with Crippen molar-refractivity contribution in [2.24, 2.45) is 5.14 Å². The van der Waals surface area contributed by atoms with Crippen molar-refractivity contribution < 1.29 is 26.3 Å². The molecule has 0 radical (unpaired) electrons. The Morgan fingerprint density at radius 1 is 1.06 bits per heavy atom. The molecular formula is C21H16F3N5O3S2. The van der Waals surface area contributed by atoms with E-state index in [0.717, 1.165) is 0 Å². The number of hydrogen-bond acceptors (Lipinski definition) is 8. The number of benzene rings is 1. The highest BCUT2D eigenvalue weighted by molar-refractivity contribution is 7.89. The Kier molecular flexibility index (Phi) is 6.25. The first-order valence-electron chi connectivity index (χ1n) is 9.55. The molecule has 34 heavy (non-hydrogen) atoms. The van der Waals surface area contributed by atoms with Gasteiger partial charge in [0.05, 0.1) is 10.6 Å². The van der Waals surface area contributed by atoms with Crippen molar-refractivity contribution in [3.63, 3.8) is 0 Å². The number of nitrogens with zero attached hydrogens (tertiary/aromatic N) is 3. The molecule has 0 saturated heterocycles. The van der Waals surface area contributed by atoms with Gasteiger partial charge in [-0.1, -0.05) is 23.5 Å². The zero-order valence-corrected chi connectivity index (χ0v) is 19.0. The fraction of sp³-hybridized carbons (Fsp3) is 0.0952. The van der Waals surface area contributed by atoms with E-state index < -0.39 is 21.2 Å². The molecule has 0 aliphatic rings. The van der Waals surface area contributed by atoms with Gasteiger partial charge in [-0.05, 0) is 43.3 Å². The molecule has 0 spiro atoms. The number of aromatic nitrogens is 3. The lowest BCUT2D eigenvalue weighted by Gasteiger charge is -2.09. The molecule has 8 nitrogen and oxygen atoms in total. The zero-order valence-electron chi connectivity index (χ0n) is 17.4. The number of nitrogens with one attached hydrogen (secondary N) is 1. The van der Waals surface area contributed by atoms with Gasteiger partial charge in [-0.25, -0.2) is 23.5 Å². The molecule has 0 fully saturated rings. The number of primary sulfonamides is 1. The summed E-state index contributed by atoms with van der Waals surface area (Å²) in [4.78, 5) is 12.0. The van der Waals surface area contributed by atoms with Crippen LogP contribution in [0.3, 0.4) is 0 Å². The van der Waals surface area contributed by atoms with Gasteiger partial charge in [0.25, 0.3) is 0 Å². The molecule has 0 aliphatic carbocycles. The molecule has 3 N–H and O–H groups in total. The normalized spacial score (nSPS) is 11.9. The Morgan fingerprint density at radius 2 is 1.82 bits per heavy atom. The minimum atomic E-state index is -4.65. The van der Waals surface area contributed by atoms with Gasteiger partial charge in [0, 0.05) is 23.6 Å². The van der Waals surface area contributed by atoms with Gasteiger partial charge >= 0.3 is 6.18 Å². The second kappa shape index (κ2) is 9.00. The summed E-state index contributed by atoms with van der Waals surface area (Å²) in [5, 5.41) is 6.92. The highest BCUT2D eigenvalue weighted by Gasteiger charge is 2.37. The smallest absolute Gasteiger partial charge is 0.443 e. The van der Waals surface area contributed by atoms with Crippen LogP contribution in [0.4, 0.5) is 24.7 Å². The number of thiazole rings is 1. The summed E-state index contributed by atoms with van der Waals surface area (Å²) in [6.45, 7) is 1.72. The Hall–Kier alpha value is -3.55. The molecule has 4 rings (SSSR count). The van der Waals surface area contributed by atoms with Crippen molar-refractivity contribution in [2.45, 2.75) is 18.0 Å². The summed E-state index contributed by atoms with van der Waals surface area (Å²) in [6, 6.07) is 13.6. The molecule has 3 heterocycles. The van der Waals surface area contributed by atoms with E-state index in [-0.39, 0.29) is 32.9 Å². The molecular weight excluding hydrogens is 491 g/mol. The van der Waals surface area contributed by atoms with Crippen LogP contribution >= 0.6 is 11.3 Å². The van der Waals surface area contributed by atoms with Gasteiger partial charge in [0.15, 0.2) is 0 Å². The maximum Gasteiger partial charge on any atom is 0.443 e. The molecule has 4 aromatic rings. The predicted molar refractivity (Wildman–Crippen MR) is 120 cm³/mol. The van der Waals surface area contributed by atoms with Gasteiger partial charge in [-0.2, -0.15) is 13.2 Å². The molecule has 176 valence electrons. The number of halogens is 3. The minimum Gasteiger partial charge on any atom is -0.444 e. The Morgan fingerprint density at radius 3 is 2.53 bits per heavy atom. The van der Waals surface area contributed by atoms with Gasteiger partial charge in [-0.3, -0.25) is 4.98 Å². The topological polar surface area (TPSA) is 120 Å². The van der Waals surface area contributed by atoms with Gasteiger partial charge < -0.3 is 10.1 Å². The molecule has 0 aliphatic heterocycles. The van der Waals surface area contributed by atoms with E-state index in [4.69, 9.17) is 9.88 Å². The monoisotopic (exact) mass is 507 g/mol. The maximum absolute atomic E-state index is 13.3. The van der Waals surface area contributed by atoms with Gasteiger partial charge in [0.1, 0.15) is 17.3 Å². The number of sulfonamides is 1. The Balaban J connectivity index is 1.65. The van der Waals surface area contributed by atoms with Crippen LogP contribution in [0.2, 0.25) is 0 Å². The third-order valence-electron chi connectivity index (χ3n) is 4.35. The quantitative estimate of drug-likeness (QED) is 0.372. The summed E-state index contributed by atoms with van der Waals surface area (Å²) in [5.74, 6) is 0.450. The predicted octanol–water partition coefficient (Wildman–Crippen LogP) is 5.11. The zero-order chi connectivity index (χ0) is 24.5. The number of alkyl halides is 3. The van der Waals surface area contributed by atoms with Crippen LogP contribution in [0.25, 0.3) is 11.4 Å². The third kappa shape index (κ3) is 5.50. The average molecular weight is 508 g/mol. The maximum atomic E-state index is 13.3. The van der Waals surface area contributed by atoms with E-state index in [9.17, 15) is 21.6 Å². The van der Waals surface area contributed by atoms with Crippen LogP contribution in [0.5, 0.6) is 10.8 Å². The van der Waals surface area contributed by atoms with Crippen molar-refractivity contribution in [1.82, 2.24) is 15.0 Å². The van der Waals surface area contributed by atoms with Gasteiger partial charge in [0.2, 0.25) is 20.1 Å². The molecule has 0 bridgehead atoms. The summed E-state index contributed by atoms with van der Waals surface area (Å²) in [7, 11) is -3.90. The average Bonchev–Trinajstić information content (AvgIpc) is 3.18. The first kappa shape index (κ1) is 23.6. The number of anilines is 2. The van der Waals surface area contributed by atoms with Crippen LogP contribution < -0.4 is 15.2 Å². The molecule has 0 atom stereocenters. The standard InChI is InChI=1S/C21H16F3N5O3S2/c1-12-4-2-7-16(27-12)18-19(33-20(29-18)21(22,23)24)32-14-8-9-26-17(11-14)28-13-5-3-6-15(10-13)34(25,30)31/h2-11H,1H3,(H,26,28)(H2,25,30,31). The minimum absolute atomic E-state index is 0.0341. The molecule has 0 unspecified atom stereocenters. The van der Waals surface area contributed by atoms with E-state index >= 15 is 0 Å². The van der Waals surface area contributed by atoms with Gasteiger partial charge in [-0.15, -0.1) is 0 Å². The number of aryl methyl sites for hydroxylation is 1.